The maximum atomic E-state index is 4.11. The molecule has 64 valence electrons. The fourth-order valence-electron chi connectivity index (χ4n) is 1.12. The molecule has 0 radical (unpaired) electrons. The van der Waals surface area contributed by atoms with Gasteiger partial charge in [-0.15, -0.1) is 0 Å². The van der Waals surface area contributed by atoms with Crippen LogP contribution in [0.1, 0.15) is 33.6 Å². The van der Waals surface area contributed by atoms with Crippen LogP contribution in [0.25, 0.3) is 0 Å². The predicted molar refractivity (Wildman–Crippen MR) is 49.4 cm³/mol. The maximum absolute atomic E-state index is 4.11. The van der Waals surface area contributed by atoms with Crippen LogP contribution in [-0.4, -0.2) is 17.5 Å². The highest BCUT2D eigenvalue weighted by atomic mass is 15.2. The highest BCUT2D eigenvalue weighted by molar-refractivity contribution is 5.08. The van der Waals surface area contributed by atoms with Gasteiger partial charge < -0.3 is 4.90 Å². The van der Waals surface area contributed by atoms with E-state index in [1.54, 1.807) is 0 Å². The number of hydrogen-bond acceptors (Lipinski definition) is 1. The van der Waals surface area contributed by atoms with Crippen LogP contribution in [0, 0.1) is 5.92 Å². The first kappa shape index (κ1) is 8.63. The van der Waals surface area contributed by atoms with Gasteiger partial charge in [-0.3, -0.25) is 0 Å². The van der Waals surface area contributed by atoms with Gasteiger partial charge in [0.2, 0.25) is 0 Å². The maximum Gasteiger partial charge on any atom is 0.0311 e. The Hall–Kier alpha value is -0.460. The highest BCUT2D eigenvalue weighted by Gasteiger charge is 2.30. The molecule has 0 aliphatic heterocycles. The van der Waals surface area contributed by atoms with Gasteiger partial charge in [-0.1, -0.05) is 6.58 Å². The van der Waals surface area contributed by atoms with Crippen molar-refractivity contribution in [1.82, 2.24) is 4.90 Å². The molecule has 0 amide bonds. The van der Waals surface area contributed by atoms with Gasteiger partial charge in [-0.25, -0.2) is 0 Å². The van der Waals surface area contributed by atoms with Crippen LogP contribution >= 0.6 is 0 Å². The second-order valence-electron chi connectivity index (χ2n) is 4.50. The van der Waals surface area contributed by atoms with E-state index in [9.17, 15) is 0 Å². The Kier molecular flexibility index (Phi) is 2.00. The van der Waals surface area contributed by atoms with Crippen LogP contribution in [0.3, 0.4) is 0 Å². The largest absolute Gasteiger partial charge is 0.373 e. The summed E-state index contributed by atoms with van der Waals surface area (Å²) in [4.78, 5) is 2.30. The third kappa shape index (κ3) is 1.98. The molecule has 0 bridgehead atoms. The highest BCUT2D eigenvalue weighted by Crippen LogP contribution is 2.38. The van der Waals surface area contributed by atoms with E-state index >= 15 is 0 Å². The van der Waals surface area contributed by atoms with E-state index < -0.39 is 0 Å². The minimum Gasteiger partial charge on any atom is -0.373 e. The molecule has 1 aliphatic carbocycles. The van der Waals surface area contributed by atoms with Crippen molar-refractivity contribution in [2.24, 2.45) is 5.92 Å². The van der Waals surface area contributed by atoms with Gasteiger partial charge in [0.15, 0.2) is 0 Å². The molecular formula is C10H19N. The molecule has 0 aromatic heterocycles. The molecule has 1 aliphatic rings. The summed E-state index contributed by atoms with van der Waals surface area (Å²) in [5.74, 6) is 0.791. The Morgan fingerprint density at radius 3 is 2.09 bits per heavy atom. The number of rotatable bonds is 2. The van der Waals surface area contributed by atoms with Gasteiger partial charge in [-0.05, 0) is 39.5 Å². The minimum absolute atomic E-state index is 0.236. The summed E-state index contributed by atoms with van der Waals surface area (Å²) in [6.07, 6.45) is 2.69. The summed E-state index contributed by atoms with van der Waals surface area (Å²) < 4.78 is 0. The molecule has 0 aromatic rings. The van der Waals surface area contributed by atoms with E-state index in [4.69, 9.17) is 0 Å². The van der Waals surface area contributed by atoms with Crippen molar-refractivity contribution >= 4 is 0 Å². The van der Waals surface area contributed by atoms with E-state index in [2.05, 4.69) is 39.3 Å². The van der Waals surface area contributed by atoms with Gasteiger partial charge >= 0.3 is 0 Å². The molecule has 0 atom stereocenters. The Labute approximate surface area is 70.1 Å². The van der Waals surface area contributed by atoms with Crippen molar-refractivity contribution < 1.29 is 0 Å². The summed E-state index contributed by atoms with van der Waals surface area (Å²) in [6, 6.07) is 0. The van der Waals surface area contributed by atoms with Crippen molar-refractivity contribution in [3.63, 3.8) is 0 Å². The van der Waals surface area contributed by atoms with E-state index in [1.165, 1.54) is 18.5 Å². The fourth-order valence-corrected chi connectivity index (χ4v) is 1.12. The normalized spacial score (nSPS) is 18.2. The van der Waals surface area contributed by atoms with Crippen molar-refractivity contribution in [3.05, 3.63) is 12.3 Å². The van der Waals surface area contributed by atoms with Crippen molar-refractivity contribution in [2.45, 2.75) is 39.2 Å². The fraction of sp³-hybridized carbons (Fsp3) is 0.800. The number of nitrogens with zero attached hydrogens (tertiary/aromatic N) is 1. The van der Waals surface area contributed by atoms with Crippen LogP contribution in [0.5, 0.6) is 0 Å². The molecule has 0 spiro atoms. The molecule has 1 nitrogen and oxygen atoms in total. The zero-order valence-electron chi connectivity index (χ0n) is 8.15. The first-order valence-electron chi connectivity index (χ1n) is 4.35. The number of allylic oxidation sites excluding steroid dienone is 1. The molecule has 11 heavy (non-hydrogen) atoms. The van der Waals surface area contributed by atoms with Crippen molar-refractivity contribution in [2.75, 3.05) is 7.05 Å². The molecule has 0 heterocycles. The van der Waals surface area contributed by atoms with Gasteiger partial charge in [-0.2, -0.15) is 0 Å². The molecule has 0 unspecified atom stereocenters. The molecule has 0 saturated heterocycles. The zero-order valence-corrected chi connectivity index (χ0v) is 8.15. The summed E-state index contributed by atoms with van der Waals surface area (Å²) >= 11 is 0. The van der Waals surface area contributed by atoms with Crippen LogP contribution in [0.15, 0.2) is 12.3 Å². The van der Waals surface area contributed by atoms with Crippen LogP contribution < -0.4 is 0 Å². The molecule has 0 N–H and O–H groups in total. The first-order valence-corrected chi connectivity index (χ1v) is 4.35. The Bertz CT molecular complexity index is 160. The second kappa shape index (κ2) is 2.54. The Balaban J connectivity index is 2.52. The van der Waals surface area contributed by atoms with E-state index in [-0.39, 0.29) is 5.54 Å². The lowest BCUT2D eigenvalue weighted by Gasteiger charge is -2.35. The summed E-state index contributed by atoms with van der Waals surface area (Å²) in [6.45, 7) is 10.8. The quantitative estimate of drug-likeness (QED) is 0.589. The SMILES string of the molecule is C=C(C1CC1)N(C)C(C)(C)C. The molecule has 1 heteroatoms. The molecule has 1 rings (SSSR count). The molecule has 0 aromatic carbocycles. The van der Waals surface area contributed by atoms with E-state index in [1.807, 2.05) is 0 Å². The first-order chi connectivity index (χ1) is 4.93. The Morgan fingerprint density at radius 1 is 1.36 bits per heavy atom. The van der Waals surface area contributed by atoms with E-state index in [0.717, 1.165) is 5.92 Å². The smallest absolute Gasteiger partial charge is 0.0311 e. The topological polar surface area (TPSA) is 3.24 Å². The van der Waals surface area contributed by atoms with Crippen molar-refractivity contribution in [3.8, 4) is 0 Å². The lowest BCUT2D eigenvalue weighted by atomic mass is 10.1. The van der Waals surface area contributed by atoms with Crippen molar-refractivity contribution in [1.29, 1.82) is 0 Å². The zero-order chi connectivity index (χ0) is 8.65. The lowest BCUT2D eigenvalue weighted by Crippen LogP contribution is -2.37. The summed E-state index contributed by atoms with van der Waals surface area (Å²) in [5.41, 5.74) is 1.55. The number of hydrogen-bond donors (Lipinski definition) is 0. The molecule has 1 saturated carbocycles. The average molecular weight is 153 g/mol. The second-order valence-corrected chi connectivity index (χ2v) is 4.50. The predicted octanol–water partition coefficient (Wildman–Crippen LogP) is 2.64. The summed E-state index contributed by atoms with van der Waals surface area (Å²) in [7, 11) is 2.14. The monoisotopic (exact) mass is 153 g/mol. The van der Waals surface area contributed by atoms with Crippen LogP contribution in [0.4, 0.5) is 0 Å². The lowest BCUT2D eigenvalue weighted by molar-refractivity contribution is 0.218. The van der Waals surface area contributed by atoms with E-state index in [0.29, 0.717) is 0 Å². The van der Waals surface area contributed by atoms with Gasteiger partial charge in [0.05, 0.1) is 0 Å². The van der Waals surface area contributed by atoms with Crippen LogP contribution in [0.2, 0.25) is 0 Å². The minimum atomic E-state index is 0.236. The average Bonchev–Trinajstić information content (AvgIpc) is 2.63. The standard InChI is InChI=1S/C10H19N/c1-8(9-6-7-9)11(5)10(2,3)4/h9H,1,6-7H2,2-5H3. The molecular weight excluding hydrogens is 134 g/mol. The third-order valence-corrected chi connectivity index (χ3v) is 2.49. The third-order valence-electron chi connectivity index (χ3n) is 2.49. The molecule has 1 fully saturated rings. The van der Waals surface area contributed by atoms with Crippen LogP contribution in [-0.2, 0) is 0 Å². The van der Waals surface area contributed by atoms with Gasteiger partial charge in [0.1, 0.15) is 0 Å². The summed E-state index contributed by atoms with van der Waals surface area (Å²) in [5, 5.41) is 0. The van der Waals surface area contributed by atoms with Gasteiger partial charge in [0, 0.05) is 18.3 Å². The Morgan fingerprint density at radius 2 is 1.82 bits per heavy atom. The van der Waals surface area contributed by atoms with Gasteiger partial charge in [0.25, 0.3) is 0 Å².